The van der Waals surface area contributed by atoms with Gasteiger partial charge in [-0.3, -0.25) is 4.79 Å². The van der Waals surface area contributed by atoms with Crippen molar-refractivity contribution in [1.82, 2.24) is 9.97 Å². The highest BCUT2D eigenvalue weighted by Gasteiger charge is 2.20. The maximum absolute atomic E-state index is 12.4. The van der Waals surface area contributed by atoms with Gasteiger partial charge in [0, 0.05) is 10.6 Å². The van der Waals surface area contributed by atoms with Gasteiger partial charge in [0.15, 0.2) is 0 Å². The van der Waals surface area contributed by atoms with Crippen LogP contribution in [0.5, 0.6) is 0 Å². The van der Waals surface area contributed by atoms with Crippen molar-refractivity contribution in [3.8, 4) is 0 Å². The number of fused-ring (bicyclic) bond motifs is 3. The average Bonchev–Trinajstić information content (AvgIpc) is 3.20. The minimum absolute atomic E-state index is 0.0535. The number of carbonyl (C=O) groups is 1. The van der Waals surface area contributed by atoms with Gasteiger partial charge >= 0.3 is 5.97 Å². The molecule has 0 radical (unpaired) electrons. The number of ether oxygens (including phenoxy) is 1. The Morgan fingerprint density at radius 1 is 1.32 bits per heavy atom. The van der Waals surface area contributed by atoms with Crippen molar-refractivity contribution >= 4 is 33.2 Å². The van der Waals surface area contributed by atoms with Gasteiger partial charge in [-0.05, 0) is 49.1 Å². The first-order valence-corrected chi connectivity index (χ1v) is 8.93. The van der Waals surface area contributed by atoms with Crippen molar-refractivity contribution < 1.29 is 9.53 Å². The maximum atomic E-state index is 12.4. The first-order chi connectivity index (χ1) is 12.2. The number of nitrogens with zero attached hydrogens (tertiary/aromatic N) is 1. The lowest BCUT2D eigenvalue weighted by atomic mass is 10.2. The van der Waals surface area contributed by atoms with E-state index in [-0.39, 0.29) is 11.5 Å². The second kappa shape index (κ2) is 6.33. The van der Waals surface area contributed by atoms with Gasteiger partial charge in [-0.2, -0.15) is 0 Å². The molecule has 0 atom stereocenters. The topological polar surface area (TPSA) is 84.1 Å². The summed E-state index contributed by atoms with van der Waals surface area (Å²) in [6, 6.07) is 6.97. The van der Waals surface area contributed by atoms with E-state index in [4.69, 9.17) is 0 Å². The van der Waals surface area contributed by atoms with Crippen LogP contribution in [0.2, 0.25) is 0 Å². The summed E-state index contributed by atoms with van der Waals surface area (Å²) in [7, 11) is 1.35. The molecule has 2 N–H and O–H groups in total. The summed E-state index contributed by atoms with van der Waals surface area (Å²) in [5.74, 6) is 0.239. The third-order valence-electron chi connectivity index (χ3n) is 4.39. The van der Waals surface area contributed by atoms with E-state index in [0.29, 0.717) is 17.9 Å². The highest BCUT2D eigenvalue weighted by Crippen LogP contribution is 2.34. The van der Waals surface area contributed by atoms with Gasteiger partial charge in [0.25, 0.3) is 5.56 Å². The molecule has 25 heavy (non-hydrogen) atoms. The molecule has 0 saturated carbocycles. The fraction of sp³-hybridized carbons (Fsp3) is 0.278. The van der Waals surface area contributed by atoms with Crippen molar-refractivity contribution in [3.63, 3.8) is 0 Å². The number of thiophene rings is 1. The molecule has 0 saturated heterocycles. The highest BCUT2D eigenvalue weighted by atomic mass is 32.1. The average molecular weight is 355 g/mol. The molecule has 0 fully saturated rings. The fourth-order valence-electron chi connectivity index (χ4n) is 3.16. The van der Waals surface area contributed by atoms with Crippen molar-refractivity contribution in [2.24, 2.45) is 0 Å². The van der Waals surface area contributed by atoms with E-state index in [1.807, 2.05) is 0 Å². The van der Waals surface area contributed by atoms with Crippen LogP contribution in [0.4, 0.5) is 5.69 Å². The van der Waals surface area contributed by atoms with E-state index >= 15 is 0 Å². The van der Waals surface area contributed by atoms with Gasteiger partial charge < -0.3 is 15.0 Å². The van der Waals surface area contributed by atoms with Crippen LogP contribution < -0.4 is 10.9 Å². The number of hydrogen-bond acceptors (Lipinski definition) is 6. The predicted molar refractivity (Wildman–Crippen MR) is 97.4 cm³/mol. The Bertz CT molecular complexity index is 1000. The minimum Gasteiger partial charge on any atom is -0.465 e. The van der Waals surface area contributed by atoms with Crippen LogP contribution in [0.1, 0.15) is 33.0 Å². The molecular formula is C18H17N3O3S. The second-order valence-electron chi connectivity index (χ2n) is 5.97. The zero-order valence-electron chi connectivity index (χ0n) is 13.7. The molecule has 0 amide bonds. The lowest BCUT2D eigenvalue weighted by Gasteiger charge is -2.07. The summed E-state index contributed by atoms with van der Waals surface area (Å²) in [6.07, 6.45) is 3.15. The number of benzene rings is 1. The molecule has 1 aliphatic carbocycles. The zero-order valence-corrected chi connectivity index (χ0v) is 14.5. The van der Waals surface area contributed by atoms with Crippen LogP contribution in [-0.2, 0) is 24.1 Å². The first-order valence-electron chi connectivity index (χ1n) is 8.11. The summed E-state index contributed by atoms with van der Waals surface area (Å²) < 4.78 is 4.68. The molecule has 1 aromatic carbocycles. The molecule has 0 unspecified atom stereocenters. The van der Waals surface area contributed by atoms with E-state index in [1.165, 1.54) is 17.6 Å². The van der Waals surface area contributed by atoms with Crippen LogP contribution in [0.3, 0.4) is 0 Å². The molecule has 7 heteroatoms. The van der Waals surface area contributed by atoms with Crippen LogP contribution in [-0.4, -0.2) is 23.0 Å². The number of esters is 1. The number of nitrogens with one attached hydrogen (secondary N) is 2. The van der Waals surface area contributed by atoms with E-state index in [2.05, 4.69) is 20.0 Å². The van der Waals surface area contributed by atoms with Crippen LogP contribution in [0.25, 0.3) is 10.2 Å². The van der Waals surface area contributed by atoms with Gasteiger partial charge in [0.2, 0.25) is 0 Å². The van der Waals surface area contributed by atoms with Crippen LogP contribution >= 0.6 is 11.3 Å². The third kappa shape index (κ3) is 2.91. The Labute approximate surface area is 147 Å². The molecule has 0 bridgehead atoms. The van der Waals surface area contributed by atoms with E-state index < -0.39 is 0 Å². The summed E-state index contributed by atoms with van der Waals surface area (Å²) in [5.41, 5.74) is 2.46. The number of hydrogen-bond donors (Lipinski definition) is 2. The van der Waals surface area contributed by atoms with Crippen LogP contribution in [0, 0.1) is 0 Å². The lowest BCUT2D eigenvalue weighted by molar-refractivity contribution is 0.0601. The Balaban J connectivity index is 1.53. The van der Waals surface area contributed by atoms with Crippen molar-refractivity contribution in [2.45, 2.75) is 25.8 Å². The van der Waals surface area contributed by atoms with Crippen molar-refractivity contribution in [1.29, 1.82) is 0 Å². The molecule has 2 heterocycles. The Hall–Kier alpha value is -2.67. The number of anilines is 1. The number of aryl methyl sites for hydroxylation is 2. The molecule has 4 rings (SSSR count). The fourth-order valence-corrected chi connectivity index (χ4v) is 4.44. The third-order valence-corrected chi connectivity index (χ3v) is 5.58. The molecule has 128 valence electrons. The number of rotatable bonds is 4. The smallest absolute Gasteiger partial charge is 0.337 e. The summed E-state index contributed by atoms with van der Waals surface area (Å²) >= 11 is 1.63. The van der Waals surface area contributed by atoms with E-state index in [1.54, 1.807) is 35.6 Å². The first kappa shape index (κ1) is 15.8. The molecule has 2 aromatic heterocycles. The summed E-state index contributed by atoms with van der Waals surface area (Å²) in [5, 5.41) is 3.97. The van der Waals surface area contributed by atoms with E-state index in [9.17, 15) is 9.59 Å². The molecule has 0 aliphatic heterocycles. The molecule has 1 aliphatic rings. The summed E-state index contributed by atoms with van der Waals surface area (Å²) in [6.45, 7) is 0.408. The predicted octanol–water partition coefficient (Wildman–Crippen LogP) is 2.87. The van der Waals surface area contributed by atoms with Crippen LogP contribution in [0.15, 0.2) is 29.1 Å². The molecule has 6 nitrogen and oxygen atoms in total. The van der Waals surface area contributed by atoms with Gasteiger partial charge in [-0.15, -0.1) is 11.3 Å². The second-order valence-corrected chi connectivity index (χ2v) is 7.06. The monoisotopic (exact) mass is 355 g/mol. The number of carbonyl (C=O) groups excluding carboxylic acids is 1. The Kier molecular flexibility index (Phi) is 4.01. The van der Waals surface area contributed by atoms with Gasteiger partial charge in [-0.25, -0.2) is 9.78 Å². The normalized spacial score (nSPS) is 13.0. The Morgan fingerprint density at radius 3 is 2.88 bits per heavy atom. The number of H-pyrrole nitrogens is 1. The largest absolute Gasteiger partial charge is 0.465 e. The minimum atomic E-state index is -0.367. The molecule has 0 spiro atoms. The number of aromatic nitrogens is 2. The standard InChI is InChI=1S/C18H17N3O3S/c1-24-18(23)10-5-7-11(8-6-10)19-9-14-20-16(22)15-12-3-2-4-13(12)25-17(15)21-14/h5-8,19H,2-4,9H2,1H3,(H,20,21,22). The number of methoxy groups -OCH3 is 1. The van der Waals surface area contributed by atoms with Gasteiger partial charge in [-0.1, -0.05) is 0 Å². The lowest BCUT2D eigenvalue weighted by Crippen LogP contribution is -2.14. The number of aromatic amines is 1. The SMILES string of the molecule is COC(=O)c1ccc(NCc2nc3sc4c(c3c(=O)[nH]2)CCC4)cc1. The highest BCUT2D eigenvalue weighted by molar-refractivity contribution is 7.18. The summed E-state index contributed by atoms with van der Waals surface area (Å²) in [4.78, 5) is 33.5. The molecule has 3 aromatic rings. The van der Waals surface area contributed by atoms with Crippen molar-refractivity contribution in [3.05, 3.63) is 56.4 Å². The van der Waals surface area contributed by atoms with Crippen molar-refractivity contribution in [2.75, 3.05) is 12.4 Å². The zero-order chi connectivity index (χ0) is 17.4. The van der Waals surface area contributed by atoms with E-state index in [0.717, 1.165) is 35.2 Å². The van der Waals surface area contributed by atoms with Gasteiger partial charge in [0.1, 0.15) is 10.7 Å². The Morgan fingerprint density at radius 2 is 2.12 bits per heavy atom. The quantitative estimate of drug-likeness (QED) is 0.703. The maximum Gasteiger partial charge on any atom is 0.337 e. The van der Waals surface area contributed by atoms with Gasteiger partial charge in [0.05, 0.1) is 24.6 Å². The molecular weight excluding hydrogens is 338 g/mol.